The minimum Gasteiger partial charge on any atom is -0.207 e. The summed E-state index contributed by atoms with van der Waals surface area (Å²) in [5, 5.41) is 0.458. The van der Waals surface area contributed by atoms with Gasteiger partial charge in [-0.25, -0.2) is 4.39 Å². The topological polar surface area (TPSA) is 0 Å². The van der Waals surface area contributed by atoms with Crippen LogP contribution in [0.15, 0.2) is 24.3 Å². The second-order valence-corrected chi connectivity index (χ2v) is 2.88. The highest BCUT2D eigenvalue weighted by Crippen LogP contribution is 2.18. The number of hydrogen-bond donors (Lipinski definition) is 0. The van der Waals surface area contributed by atoms with Crippen molar-refractivity contribution < 1.29 is 4.39 Å². The summed E-state index contributed by atoms with van der Waals surface area (Å²) in [6.45, 7) is 2.04. The number of allylic oxidation sites excluding steroid dienone is 1. The average molecular weight is 185 g/mol. The second-order valence-electron chi connectivity index (χ2n) is 2.48. The van der Waals surface area contributed by atoms with Gasteiger partial charge in [0, 0.05) is 0 Å². The van der Waals surface area contributed by atoms with Crippen molar-refractivity contribution in [2.45, 2.75) is 13.3 Å². The van der Waals surface area contributed by atoms with Crippen LogP contribution in [0.25, 0.3) is 6.08 Å². The molecule has 1 aromatic carbocycles. The van der Waals surface area contributed by atoms with Crippen molar-refractivity contribution in [1.29, 1.82) is 0 Å². The van der Waals surface area contributed by atoms with E-state index in [1.54, 1.807) is 6.07 Å². The van der Waals surface area contributed by atoms with Crippen LogP contribution < -0.4 is 0 Å². The van der Waals surface area contributed by atoms with Gasteiger partial charge in [0.15, 0.2) is 0 Å². The Morgan fingerprint density at radius 1 is 1.50 bits per heavy atom. The van der Waals surface area contributed by atoms with Crippen molar-refractivity contribution in [1.82, 2.24) is 0 Å². The first-order chi connectivity index (χ1) is 5.74. The lowest BCUT2D eigenvalue weighted by Crippen LogP contribution is -1.77. The molecule has 64 valence electrons. The van der Waals surface area contributed by atoms with Gasteiger partial charge < -0.3 is 0 Å². The molecule has 0 aromatic heterocycles. The molecule has 1 rings (SSSR count). The highest BCUT2D eigenvalue weighted by atomic mass is 35.5. The third-order valence-electron chi connectivity index (χ3n) is 1.50. The summed E-state index contributed by atoms with van der Waals surface area (Å²) in [4.78, 5) is 0. The molecule has 0 N–H and O–H groups in total. The second kappa shape index (κ2) is 4.27. The molecule has 0 aliphatic rings. The maximum atomic E-state index is 12.6. The molecule has 0 saturated heterocycles. The van der Waals surface area contributed by atoms with E-state index in [1.807, 2.05) is 19.1 Å². The SMILES string of the molecule is CC/C=C/c1ccc(F)cc1Cl. The van der Waals surface area contributed by atoms with Crippen molar-refractivity contribution in [3.05, 3.63) is 40.7 Å². The first-order valence-corrected chi connectivity index (χ1v) is 4.23. The van der Waals surface area contributed by atoms with Crippen molar-refractivity contribution in [3.8, 4) is 0 Å². The van der Waals surface area contributed by atoms with Crippen molar-refractivity contribution >= 4 is 17.7 Å². The maximum Gasteiger partial charge on any atom is 0.124 e. The summed E-state index contributed by atoms with van der Waals surface area (Å²) in [5.74, 6) is -0.298. The Balaban J connectivity index is 2.94. The Labute approximate surface area is 76.7 Å². The van der Waals surface area contributed by atoms with Crippen LogP contribution in [0.4, 0.5) is 4.39 Å². The third kappa shape index (κ3) is 2.35. The summed E-state index contributed by atoms with van der Waals surface area (Å²) in [6, 6.07) is 4.39. The van der Waals surface area contributed by atoms with Crippen molar-refractivity contribution in [2.75, 3.05) is 0 Å². The molecular weight excluding hydrogens is 175 g/mol. The minimum atomic E-state index is -0.298. The molecule has 0 atom stereocenters. The molecule has 0 aliphatic carbocycles. The van der Waals surface area contributed by atoms with Gasteiger partial charge in [0.25, 0.3) is 0 Å². The molecule has 0 saturated carbocycles. The van der Waals surface area contributed by atoms with Crippen molar-refractivity contribution in [3.63, 3.8) is 0 Å². The zero-order valence-corrected chi connectivity index (χ0v) is 7.61. The lowest BCUT2D eigenvalue weighted by Gasteiger charge is -1.96. The van der Waals surface area contributed by atoms with E-state index in [1.165, 1.54) is 12.1 Å². The van der Waals surface area contributed by atoms with Crippen LogP contribution in [-0.2, 0) is 0 Å². The van der Waals surface area contributed by atoms with E-state index < -0.39 is 0 Å². The van der Waals surface area contributed by atoms with Gasteiger partial charge in [-0.1, -0.05) is 36.7 Å². The predicted octanol–water partition coefficient (Wildman–Crippen LogP) is 3.90. The molecule has 0 nitrogen and oxygen atoms in total. The Hall–Kier alpha value is -0.820. The van der Waals surface area contributed by atoms with E-state index in [2.05, 4.69) is 0 Å². The van der Waals surface area contributed by atoms with Crippen LogP contribution in [0.5, 0.6) is 0 Å². The first kappa shape index (κ1) is 9.27. The van der Waals surface area contributed by atoms with E-state index >= 15 is 0 Å². The standard InChI is InChI=1S/C10H10ClF/c1-2-3-4-8-5-6-9(12)7-10(8)11/h3-7H,2H2,1H3/b4-3+. The fraction of sp³-hybridized carbons (Fsp3) is 0.200. The lowest BCUT2D eigenvalue weighted by molar-refractivity contribution is 0.628. The van der Waals surface area contributed by atoms with Crippen LogP contribution in [-0.4, -0.2) is 0 Å². The molecule has 0 bridgehead atoms. The Morgan fingerprint density at radius 3 is 2.83 bits per heavy atom. The minimum absolute atomic E-state index is 0.298. The van der Waals surface area contributed by atoms with Gasteiger partial charge in [0.05, 0.1) is 5.02 Å². The number of rotatable bonds is 2. The number of hydrogen-bond acceptors (Lipinski definition) is 0. The third-order valence-corrected chi connectivity index (χ3v) is 1.82. The van der Waals surface area contributed by atoms with Gasteiger partial charge in [-0.2, -0.15) is 0 Å². The molecule has 0 unspecified atom stereocenters. The summed E-state index contributed by atoms with van der Waals surface area (Å²) >= 11 is 5.77. The molecule has 0 amide bonds. The smallest absolute Gasteiger partial charge is 0.124 e. The van der Waals surface area contributed by atoms with Crippen molar-refractivity contribution in [2.24, 2.45) is 0 Å². The number of halogens is 2. The van der Waals surface area contributed by atoms with Gasteiger partial charge in [-0.15, -0.1) is 0 Å². The van der Waals surface area contributed by atoms with E-state index in [9.17, 15) is 4.39 Å². The zero-order valence-electron chi connectivity index (χ0n) is 6.85. The van der Waals surface area contributed by atoms with Crippen LogP contribution >= 0.6 is 11.6 Å². The van der Waals surface area contributed by atoms with E-state index in [-0.39, 0.29) is 5.82 Å². The monoisotopic (exact) mass is 184 g/mol. The molecule has 12 heavy (non-hydrogen) atoms. The summed E-state index contributed by atoms with van der Waals surface area (Å²) in [7, 11) is 0. The maximum absolute atomic E-state index is 12.6. The normalized spacial score (nSPS) is 10.9. The Bertz CT molecular complexity index is 292. The van der Waals surface area contributed by atoms with Gasteiger partial charge in [-0.05, 0) is 24.1 Å². The molecule has 2 heteroatoms. The fourth-order valence-electron chi connectivity index (χ4n) is 0.881. The van der Waals surface area contributed by atoms with E-state index in [0.29, 0.717) is 5.02 Å². The molecule has 0 radical (unpaired) electrons. The summed E-state index contributed by atoms with van der Waals surface area (Å²) in [5.41, 5.74) is 0.861. The Kier molecular flexibility index (Phi) is 3.30. The Morgan fingerprint density at radius 2 is 2.25 bits per heavy atom. The van der Waals surface area contributed by atoms with Gasteiger partial charge >= 0.3 is 0 Å². The highest BCUT2D eigenvalue weighted by Gasteiger charge is 1.96. The molecule has 0 spiro atoms. The average Bonchev–Trinajstić information content (AvgIpc) is 2.03. The molecule has 0 fully saturated rings. The lowest BCUT2D eigenvalue weighted by atomic mass is 10.2. The fourth-order valence-corrected chi connectivity index (χ4v) is 1.11. The largest absolute Gasteiger partial charge is 0.207 e. The molecule has 1 aromatic rings. The van der Waals surface area contributed by atoms with Gasteiger partial charge in [0.2, 0.25) is 0 Å². The summed E-state index contributed by atoms with van der Waals surface area (Å²) in [6.07, 6.45) is 4.83. The van der Waals surface area contributed by atoms with E-state index in [4.69, 9.17) is 11.6 Å². The summed E-state index contributed by atoms with van der Waals surface area (Å²) < 4.78 is 12.6. The van der Waals surface area contributed by atoms with E-state index in [0.717, 1.165) is 12.0 Å². The predicted molar refractivity (Wildman–Crippen MR) is 50.7 cm³/mol. The molecule has 0 aliphatic heterocycles. The van der Waals surface area contributed by atoms with Crippen LogP contribution in [0.2, 0.25) is 5.02 Å². The van der Waals surface area contributed by atoms with Crippen LogP contribution in [0.3, 0.4) is 0 Å². The molecule has 0 heterocycles. The highest BCUT2D eigenvalue weighted by molar-refractivity contribution is 6.32. The quantitative estimate of drug-likeness (QED) is 0.654. The van der Waals surface area contributed by atoms with Gasteiger partial charge in [0.1, 0.15) is 5.82 Å². The first-order valence-electron chi connectivity index (χ1n) is 3.85. The van der Waals surface area contributed by atoms with Crippen LogP contribution in [0, 0.1) is 5.82 Å². The zero-order chi connectivity index (χ0) is 8.97. The van der Waals surface area contributed by atoms with Gasteiger partial charge in [-0.3, -0.25) is 0 Å². The number of benzene rings is 1. The van der Waals surface area contributed by atoms with Crippen LogP contribution in [0.1, 0.15) is 18.9 Å². The molecular formula is C10H10ClF.